The third kappa shape index (κ3) is 3.00. The Labute approximate surface area is 121 Å². The van der Waals surface area contributed by atoms with Crippen LogP contribution in [0.25, 0.3) is 0 Å². The van der Waals surface area contributed by atoms with Gasteiger partial charge >= 0.3 is 0 Å². The van der Waals surface area contributed by atoms with Gasteiger partial charge in [-0.05, 0) is 43.7 Å². The first-order valence-corrected chi connectivity index (χ1v) is 8.81. The van der Waals surface area contributed by atoms with E-state index in [1.54, 1.807) is 5.56 Å². The molecular weight excluding hydrogens is 250 g/mol. The van der Waals surface area contributed by atoms with Crippen LogP contribution in [0.15, 0.2) is 24.3 Å². The van der Waals surface area contributed by atoms with Crippen LogP contribution in [0.1, 0.15) is 43.2 Å². The molecule has 0 amide bonds. The number of hydrogen-bond acceptors (Lipinski definition) is 2. The Morgan fingerprint density at radius 1 is 1.16 bits per heavy atom. The van der Waals surface area contributed by atoms with Gasteiger partial charge in [0, 0.05) is 18.2 Å². The lowest BCUT2D eigenvalue weighted by atomic mass is 9.76. The molecule has 0 N–H and O–H groups in total. The van der Waals surface area contributed by atoms with E-state index in [4.69, 9.17) is 0 Å². The summed E-state index contributed by atoms with van der Waals surface area (Å²) in [6.07, 6.45) is 7.00. The summed E-state index contributed by atoms with van der Waals surface area (Å²) in [6, 6.07) is 9.36. The lowest BCUT2D eigenvalue weighted by Gasteiger charge is -2.31. The van der Waals surface area contributed by atoms with Crippen LogP contribution in [0, 0.1) is 6.92 Å². The van der Waals surface area contributed by atoms with Gasteiger partial charge in [0.1, 0.15) is 0 Å². The number of rotatable bonds is 4. The molecule has 1 heterocycles. The minimum atomic E-state index is 0.487. The predicted octanol–water partition coefficient (Wildman–Crippen LogP) is 4.20. The number of thioether (sulfide) groups is 1. The van der Waals surface area contributed by atoms with Crippen LogP contribution in [0.5, 0.6) is 0 Å². The third-order valence-electron chi connectivity index (χ3n) is 4.96. The Hall–Kier alpha value is -0.470. The number of nitrogens with zero attached hydrogens (tertiary/aromatic N) is 1. The standard InChI is InChI=1S/C17H25NS/c1-15-4-6-16(7-5-15)17(8-2-3-9-17)10-11-18-12-13-19-14-18/h4-7H,2-3,8-14H2,1H3. The quantitative estimate of drug-likeness (QED) is 0.810. The van der Waals surface area contributed by atoms with Gasteiger partial charge in [-0.15, -0.1) is 11.8 Å². The molecule has 1 aromatic carbocycles. The van der Waals surface area contributed by atoms with Crippen molar-refractivity contribution in [3.05, 3.63) is 35.4 Å². The summed E-state index contributed by atoms with van der Waals surface area (Å²) in [6.45, 7) is 4.78. The molecule has 104 valence electrons. The van der Waals surface area contributed by atoms with Crippen LogP contribution in [0.2, 0.25) is 0 Å². The van der Waals surface area contributed by atoms with Gasteiger partial charge in [-0.3, -0.25) is 4.90 Å². The van der Waals surface area contributed by atoms with Gasteiger partial charge in [0.05, 0.1) is 0 Å². The molecule has 2 heteroatoms. The summed E-state index contributed by atoms with van der Waals surface area (Å²) in [5.74, 6) is 2.58. The van der Waals surface area contributed by atoms with Crippen molar-refractivity contribution in [3.8, 4) is 0 Å². The monoisotopic (exact) mass is 275 g/mol. The van der Waals surface area contributed by atoms with Crippen molar-refractivity contribution in [3.63, 3.8) is 0 Å². The van der Waals surface area contributed by atoms with E-state index in [-0.39, 0.29) is 0 Å². The van der Waals surface area contributed by atoms with Gasteiger partial charge in [0.2, 0.25) is 0 Å². The molecule has 2 aliphatic rings. The average Bonchev–Trinajstić information content (AvgIpc) is 3.09. The Balaban J connectivity index is 1.72. The summed E-state index contributed by atoms with van der Waals surface area (Å²) in [4.78, 5) is 2.64. The first-order valence-electron chi connectivity index (χ1n) is 7.66. The van der Waals surface area contributed by atoms with E-state index in [0.29, 0.717) is 5.41 Å². The zero-order valence-corrected chi connectivity index (χ0v) is 12.8. The molecule has 1 aliphatic carbocycles. The lowest BCUT2D eigenvalue weighted by molar-refractivity contribution is 0.289. The summed E-state index contributed by atoms with van der Waals surface area (Å²) in [5, 5.41) is 0. The maximum absolute atomic E-state index is 2.64. The molecule has 0 spiro atoms. The van der Waals surface area contributed by atoms with E-state index in [0.717, 1.165) is 0 Å². The normalized spacial score (nSPS) is 23.0. The highest BCUT2D eigenvalue weighted by molar-refractivity contribution is 7.99. The fraction of sp³-hybridized carbons (Fsp3) is 0.647. The van der Waals surface area contributed by atoms with Crippen LogP contribution in [-0.2, 0) is 5.41 Å². The molecule has 1 saturated heterocycles. The average molecular weight is 275 g/mol. The van der Waals surface area contributed by atoms with Crippen molar-refractivity contribution in [1.82, 2.24) is 4.90 Å². The van der Waals surface area contributed by atoms with E-state index >= 15 is 0 Å². The van der Waals surface area contributed by atoms with Crippen LogP contribution in [0.4, 0.5) is 0 Å². The van der Waals surface area contributed by atoms with Gasteiger partial charge in [-0.2, -0.15) is 0 Å². The van der Waals surface area contributed by atoms with Crippen LogP contribution < -0.4 is 0 Å². The summed E-state index contributed by atoms with van der Waals surface area (Å²) in [5.41, 5.74) is 3.47. The van der Waals surface area contributed by atoms with Crippen molar-refractivity contribution >= 4 is 11.8 Å². The van der Waals surface area contributed by atoms with Crippen molar-refractivity contribution in [2.24, 2.45) is 0 Å². The fourth-order valence-electron chi connectivity index (χ4n) is 3.64. The zero-order chi connectivity index (χ0) is 13.1. The summed E-state index contributed by atoms with van der Waals surface area (Å²) >= 11 is 2.09. The molecule has 2 fully saturated rings. The molecular formula is C17H25NS. The van der Waals surface area contributed by atoms with Gasteiger partial charge in [-0.25, -0.2) is 0 Å². The van der Waals surface area contributed by atoms with E-state index in [2.05, 4.69) is 47.9 Å². The molecule has 19 heavy (non-hydrogen) atoms. The predicted molar refractivity (Wildman–Crippen MR) is 84.8 cm³/mol. The Kier molecular flexibility index (Phi) is 4.18. The molecule has 0 unspecified atom stereocenters. The highest BCUT2D eigenvalue weighted by atomic mass is 32.2. The van der Waals surface area contributed by atoms with E-state index in [1.165, 1.54) is 62.4 Å². The molecule has 0 aromatic heterocycles. The van der Waals surface area contributed by atoms with E-state index in [9.17, 15) is 0 Å². The van der Waals surface area contributed by atoms with Crippen LogP contribution in [-0.4, -0.2) is 29.6 Å². The number of hydrogen-bond donors (Lipinski definition) is 0. The molecule has 1 nitrogen and oxygen atoms in total. The third-order valence-corrected chi connectivity index (χ3v) is 5.98. The molecule has 1 saturated carbocycles. The van der Waals surface area contributed by atoms with Gasteiger partial charge in [-0.1, -0.05) is 42.7 Å². The Bertz CT molecular complexity index is 400. The molecule has 3 rings (SSSR count). The minimum absolute atomic E-state index is 0.487. The second-order valence-electron chi connectivity index (χ2n) is 6.26. The maximum Gasteiger partial charge on any atom is 0.0445 e. The van der Waals surface area contributed by atoms with Crippen LogP contribution >= 0.6 is 11.8 Å². The largest absolute Gasteiger partial charge is 0.293 e. The van der Waals surface area contributed by atoms with Crippen molar-refractivity contribution < 1.29 is 0 Å². The van der Waals surface area contributed by atoms with Crippen molar-refractivity contribution in [2.75, 3.05) is 24.7 Å². The van der Waals surface area contributed by atoms with E-state index < -0.39 is 0 Å². The van der Waals surface area contributed by atoms with Gasteiger partial charge in [0.25, 0.3) is 0 Å². The smallest absolute Gasteiger partial charge is 0.0445 e. The van der Waals surface area contributed by atoms with Gasteiger partial charge < -0.3 is 0 Å². The Morgan fingerprint density at radius 2 is 1.89 bits per heavy atom. The molecule has 0 atom stereocenters. The SMILES string of the molecule is Cc1ccc(C2(CCN3CCSC3)CCCC2)cc1. The maximum atomic E-state index is 2.64. The molecule has 0 radical (unpaired) electrons. The topological polar surface area (TPSA) is 3.24 Å². The van der Waals surface area contributed by atoms with Crippen molar-refractivity contribution in [2.45, 2.75) is 44.4 Å². The Morgan fingerprint density at radius 3 is 2.53 bits per heavy atom. The van der Waals surface area contributed by atoms with Crippen molar-refractivity contribution in [1.29, 1.82) is 0 Å². The van der Waals surface area contributed by atoms with E-state index in [1.807, 2.05) is 0 Å². The lowest BCUT2D eigenvalue weighted by Crippen LogP contribution is -2.30. The number of aryl methyl sites for hydroxylation is 1. The first kappa shape index (κ1) is 13.5. The highest BCUT2D eigenvalue weighted by Crippen LogP contribution is 2.44. The fourth-order valence-corrected chi connectivity index (χ4v) is 4.68. The molecule has 1 aliphatic heterocycles. The zero-order valence-electron chi connectivity index (χ0n) is 12.0. The van der Waals surface area contributed by atoms with Gasteiger partial charge in [0.15, 0.2) is 0 Å². The summed E-state index contributed by atoms with van der Waals surface area (Å²) in [7, 11) is 0. The molecule has 0 bridgehead atoms. The molecule has 1 aromatic rings. The second kappa shape index (κ2) is 5.88. The second-order valence-corrected chi connectivity index (χ2v) is 7.33. The minimum Gasteiger partial charge on any atom is -0.293 e. The summed E-state index contributed by atoms with van der Waals surface area (Å²) < 4.78 is 0. The first-order chi connectivity index (χ1) is 9.28. The highest BCUT2D eigenvalue weighted by Gasteiger charge is 2.35. The van der Waals surface area contributed by atoms with Crippen LogP contribution in [0.3, 0.4) is 0 Å². The number of benzene rings is 1.